The Balaban J connectivity index is 2.00. The van der Waals surface area contributed by atoms with Gasteiger partial charge in [0.25, 0.3) is 0 Å². The molecule has 0 aromatic carbocycles. The number of nitrogens with zero attached hydrogens (tertiary/aromatic N) is 3. The number of likely N-dealkylation sites (N-methyl/N-ethyl adjacent to an activating group) is 1. The summed E-state index contributed by atoms with van der Waals surface area (Å²) in [5, 5.41) is 3.88. The quantitative estimate of drug-likeness (QED) is 0.826. The SMILES string of the molecule is CCc1nsc(N[C@H]2CCN(C)C2=O)n1. The molecule has 82 valence electrons. The molecule has 1 aliphatic heterocycles. The molecule has 0 radical (unpaired) electrons. The van der Waals surface area contributed by atoms with E-state index in [1.54, 1.807) is 4.90 Å². The van der Waals surface area contributed by atoms with Crippen LogP contribution in [0.15, 0.2) is 0 Å². The molecule has 0 spiro atoms. The second-order valence-corrected chi connectivity index (χ2v) is 4.37. The van der Waals surface area contributed by atoms with Crippen LogP contribution < -0.4 is 5.32 Å². The topological polar surface area (TPSA) is 58.1 Å². The van der Waals surface area contributed by atoms with Crippen molar-refractivity contribution in [1.82, 2.24) is 14.3 Å². The maximum Gasteiger partial charge on any atom is 0.244 e. The highest BCUT2D eigenvalue weighted by atomic mass is 32.1. The maximum atomic E-state index is 11.6. The molecule has 0 bridgehead atoms. The molecule has 15 heavy (non-hydrogen) atoms. The van der Waals surface area contributed by atoms with Crippen LogP contribution in [0.2, 0.25) is 0 Å². The van der Waals surface area contributed by atoms with Crippen molar-refractivity contribution in [2.24, 2.45) is 0 Å². The minimum absolute atomic E-state index is 0.118. The van der Waals surface area contributed by atoms with Crippen LogP contribution >= 0.6 is 11.5 Å². The highest BCUT2D eigenvalue weighted by Crippen LogP contribution is 2.17. The fourth-order valence-electron chi connectivity index (χ4n) is 1.56. The lowest BCUT2D eigenvalue weighted by Crippen LogP contribution is -2.30. The predicted octanol–water partition coefficient (Wildman–Crippen LogP) is 0.743. The number of amides is 1. The zero-order valence-electron chi connectivity index (χ0n) is 8.86. The van der Waals surface area contributed by atoms with Crippen LogP contribution in [0.5, 0.6) is 0 Å². The lowest BCUT2D eigenvalue weighted by Gasteiger charge is -2.10. The van der Waals surface area contributed by atoms with Gasteiger partial charge in [-0.25, -0.2) is 4.98 Å². The van der Waals surface area contributed by atoms with Crippen molar-refractivity contribution in [3.05, 3.63) is 5.82 Å². The van der Waals surface area contributed by atoms with E-state index in [-0.39, 0.29) is 11.9 Å². The van der Waals surface area contributed by atoms with Crippen molar-refractivity contribution in [2.75, 3.05) is 18.9 Å². The molecule has 1 aromatic rings. The maximum absolute atomic E-state index is 11.6. The molecule has 5 nitrogen and oxygen atoms in total. The lowest BCUT2D eigenvalue weighted by atomic mass is 10.2. The Morgan fingerprint density at radius 3 is 3.00 bits per heavy atom. The van der Waals surface area contributed by atoms with Crippen LogP contribution in [-0.4, -0.2) is 39.8 Å². The standard InChI is InChI=1S/C9H14N4OS/c1-3-7-11-9(15-12-7)10-6-4-5-13(2)8(6)14/h6H,3-5H2,1-2H3,(H,10,11,12)/t6-/m0/s1. The summed E-state index contributed by atoms with van der Waals surface area (Å²) >= 11 is 1.32. The first-order valence-electron chi connectivity index (χ1n) is 5.04. The van der Waals surface area contributed by atoms with Crippen molar-refractivity contribution in [1.29, 1.82) is 0 Å². The molecule has 1 saturated heterocycles. The Labute approximate surface area is 92.7 Å². The summed E-state index contributed by atoms with van der Waals surface area (Å²) in [6.45, 7) is 2.83. The minimum atomic E-state index is -0.118. The van der Waals surface area contributed by atoms with E-state index < -0.39 is 0 Å². The van der Waals surface area contributed by atoms with Gasteiger partial charge in [-0.1, -0.05) is 6.92 Å². The number of carbonyl (C=O) groups is 1. The Hall–Kier alpha value is -1.17. The molecule has 6 heteroatoms. The van der Waals surface area contributed by atoms with Crippen molar-refractivity contribution in [2.45, 2.75) is 25.8 Å². The number of hydrogen-bond donors (Lipinski definition) is 1. The molecule has 0 saturated carbocycles. The highest BCUT2D eigenvalue weighted by molar-refractivity contribution is 7.09. The Morgan fingerprint density at radius 2 is 2.47 bits per heavy atom. The molecule has 1 fully saturated rings. The fraction of sp³-hybridized carbons (Fsp3) is 0.667. The summed E-state index contributed by atoms with van der Waals surface area (Å²) in [7, 11) is 1.82. The van der Waals surface area contributed by atoms with Crippen LogP contribution in [0.1, 0.15) is 19.2 Å². The van der Waals surface area contributed by atoms with Crippen molar-refractivity contribution in [3.63, 3.8) is 0 Å². The van der Waals surface area contributed by atoms with Crippen molar-refractivity contribution < 1.29 is 4.79 Å². The van der Waals surface area contributed by atoms with Crippen LogP contribution in [0, 0.1) is 0 Å². The molecule has 1 atom stereocenters. The van der Waals surface area contributed by atoms with Crippen molar-refractivity contribution in [3.8, 4) is 0 Å². The molecular weight excluding hydrogens is 212 g/mol. The summed E-state index contributed by atoms with van der Waals surface area (Å²) in [6, 6.07) is -0.118. The summed E-state index contributed by atoms with van der Waals surface area (Å²) in [4.78, 5) is 17.6. The number of rotatable bonds is 3. The first-order chi connectivity index (χ1) is 7.20. The van der Waals surface area contributed by atoms with E-state index in [0.29, 0.717) is 0 Å². The zero-order chi connectivity index (χ0) is 10.8. The van der Waals surface area contributed by atoms with Crippen LogP contribution in [-0.2, 0) is 11.2 Å². The second-order valence-electron chi connectivity index (χ2n) is 3.61. The molecule has 2 heterocycles. The monoisotopic (exact) mass is 226 g/mol. The van der Waals surface area contributed by atoms with E-state index in [4.69, 9.17) is 0 Å². The van der Waals surface area contributed by atoms with Crippen LogP contribution in [0.3, 0.4) is 0 Å². The largest absolute Gasteiger partial charge is 0.348 e. The number of aromatic nitrogens is 2. The third-order valence-electron chi connectivity index (χ3n) is 2.51. The van der Waals surface area contributed by atoms with Gasteiger partial charge in [0.05, 0.1) is 0 Å². The van der Waals surface area contributed by atoms with Gasteiger partial charge in [0.1, 0.15) is 11.9 Å². The minimum Gasteiger partial charge on any atom is -0.348 e. The molecule has 1 aliphatic rings. The average Bonchev–Trinajstić information content (AvgIpc) is 2.80. The average molecular weight is 226 g/mol. The summed E-state index contributed by atoms with van der Waals surface area (Å²) in [5.41, 5.74) is 0. The first kappa shape index (κ1) is 10.4. The van der Waals surface area contributed by atoms with E-state index in [0.717, 1.165) is 30.3 Å². The predicted molar refractivity (Wildman–Crippen MR) is 59.0 cm³/mol. The molecule has 1 amide bonds. The Kier molecular flexibility index (Phi) is 2.86. The van der Waals surface area contributed by atoms with Gasteiger partial charge in [-0.05, 0) is 6.42 Å². The number of nitrogens with one attached hydrogen (secondary N) is 1. The van der Waals surface area contributed by atoms with E-state index in [9.17, 15) is 4.79 Å². The number of hydrogen-bond acceptors (Lipinski definition) is 5. The van der Waals surface area contributed by atoms with Gasteiger partial charge in [0.15, 0.2) is 0 Å². The van der Waals surface area contributed by atoms with Gasteiger partial charge in [-0.3, -0.25) is 4.79 Å². The highest BCUT2D eigenvalue weighted by Gasteiger charge is 2.29. The number of likely N-dealkylation sites (tertiary alicyclic amines) is 1. The number of carbonyl (C=O) groups excluding carboxylic acids is 1. The molecular formula is C9H14N4OS. The van der Waals surface area contributed by atoms with E-state index in [1.165, 1.54) is 11.5 Å². The molecule has 0 unspecified atom stereocenters. The number of anilines is 1. The van der Waals surface area contributed by atoms with Crippen molar-refractivity contribution >= 4 is 22.6 Å². The molecule has 0 aliphatic carbocycles. The molecule has 1 aromatic heterocycles. The normalized spacial score (nSPS) is 21.1. The van der Waals surface area contributed by atoms with Gasteiger partial charge in [0, 0.05) is 31.5 Å². The number of aryl methyl sites for hydroxylation is 1. The summed E-state index contributed by atoms with van der Waals surface area (Å²) in [6.07, 6.45) is 1.67. The Bertz CT molecular complexity index is 365. The second kappa shape index (κ2) is 4.14. The van der Waals surface area contributed by atoms with Gasteiger partial charge in [0.2, 0.25) is 11.0 Å². The fourth-order valence-corrected chi connectivity index (χ4v) is 2.26. The molecule has 2 rings (SSSR count). The van der Waals surface area contributed by atoms with Crippen LogP contribution in [0.25, 0.3) is 0 Å². The van der Waals surface area contributed by atoms with E-state index >= 15 is 0 Å². The van der Waals surface area contributed by atoms with Gasteiger partial charge < -0.3 is 10.2 Å². The summed E-state index contributed by atoms with van der Waals surface area (Å²) < 4.78 is 4.16. The van der Waals surface area contributed by atoms with Crippen LogP contribution in [0.4, 0.5) is 5.13 Å². The van der Waals surface area contributed by atoms with E-state index in [2.05, 4.69) is 14.7 Å². The van der Waals surface area contributed by atoms with Gasteiger partial charge in [-0.2, -0.15) is 4.37 Å². The first-order valence-corrected chi connectivity index (χ1v) is 5.82. The lowest BCUT2D eigenvalue weighted by molar-refractivity contribution is -0.127. The zero-order valence-corrected chi connectivity index (χ0v) is 9.67. The Morgan fingerprint density at radius 1 is 1.67 bits per heavy atom. The smallest absolute Gasteiger partial charge is 0.244 e. The summed E-state index contributed by atoms with van der Waals surface area (Å²) in [5.74, 6) is 0.976. The van der Waals surface area contributed by atoms with Gasteiger partial charge in [-0.15, -0.1) is 0 Å². The third kappa shape index (κ3) is 2.09. The third-order valence-corrected chi connectivity index (χ3v) is 3.19. The van der Waals surface area contributed by atoms with E-state index in [1.807, 2.05) is 14.0 Å². The van der Waals surface area contributed by atoms with Gasteiger partial charge >= 0.3 is 0 Å². The molecule has 1 N–H and O–H groups in total.